The van der Waals surface area contributed by atoms with E-state index in [1.165, 1.54) is 12.1 Å². The summed E-state index contributed by atoms with van der Waals surface area (Å²) in [6, 6.07) is 8.42. The van der Waals surface area contributed by atoms with Crippen LogP contribution in [-0.2, 0) is 10.0 Å². The zero-order valence-corrected chi connectivity index (χ0v) is 9.61. The highest BCUT2D eigenvalue weighted by molar-refractivity contribution is 7.89. The van der Waals surface area contributed by atoms with Gasteiger partial charge in [0.15, 0.2) is 0 Å². The van der Waals surface area contributed by atoms with Gasteiger partial charge < -0.3 is 4.57 Å². The predicted molar refractivity (Wildman–Crippen MR) is 61.9 cm³/mol. The average Bonchev–Trinajstić information content (AvgIpc) is 2.64. The van der Waals surface area contributed by atoms with E-state index in [0.717, 1.165) is 11.3 Å². The lowest BCUT2D eigenvalue weighted by molar-refractivity contribution is 0.598. The summed E-state index contributed by atoms with van der Waals surface area (Å²) in [4.78, 5) is 0.125. The molecule has 0 bridgehead atoms. The highest BCUT2D eigenvalue weighted by atomic mass is 32.2. The van der Waals surface area contributed by atoms with E-state index in [4.69, 9.17) is 5.14 Å². The van der Waals surface area contributed by atoms with Crippen molar-refractivity contribution in [1.29, 1.82) is 0 Å². The minimum atomic E-state index is -3.61. The first-order valence-electron chi connectivity index (χ1n) is 4.75. The summed E-state index contributed by atoms with van der Waals surface area (Å²) in [6.45, 7) is 2.00. The van der Waals surface area contributed by atoms with E-state index < -0.39 is 10.0 Å². The molecule has 0 atom stereocenters. The van der Waals surface area contributed by atoms with Crippen molar-refractivity contribution in [1.82, 2.24) is 4.57 Å². The first kappa shape index (κ1) is 10.9. The van der Waals surface area contributed by atoms with Crippen LogP contribution in [0.3, 0.4) is 0 Å². The van der Waals surface area contributed by atoms with Crippen LogP contribution < -0.4 is 5.14 Å². The predicted octanol–water partition coefficient (Wildman–Crippen LogP) is 1.43. The normalized spacial score (nSPS) is 11.6. The average molecular weight is 236 g/mol. The molecule has 4 nitrogen and oxygen atoms in total. The molecule has 0 spiro atoms. The Hall–Kier alpha value is -1.59. The third-order valence-corrected chi connectivity index (χ3v) is 3.23. The molecule has 0 aliphatic heterocycles. The molecule has 2 N–H and O–H groups in total. The number of sulfonamides is 1. The Balaban J connectivity index is 2.40. The van der Waals surface area contributed by atoms with Crippen molar-refractivity contribution in [2.45, 2.75) is 11.8 Å². The molecule has 5 heteroatoms. The Morgan fingerprint density at radius 1 is 1.12 bits per heavy atom. The lowest BCUT2D eigenvalue weighted by Crippen LogP contribution is -2.11. The number of aromatic nitrogens is 1. The zero-order valence-electron chi connectivity index (χ0n) is 8.79. The molecule has 0 radical (unpaired) electrons. The molecule has 0 saturated heterocycles. The minimum absolute atomic E-state index is 0.125. The summed E-state index contributed by atoms with van der Waals surface area (Å²) >= 11 is 0. The van der Waals surface area contributed by atoms with Crippen LogP contribution in [-0.4, -0.2) is 13.0 Å². The molecule has 84 valence electrons. The second kappa shape index (κ2) is 3.77. The van der Waals surface area contributed by atoms with Crippen molar-refractivity contribution in [3.63, 3.8) is 0 Å². The van der Waals surface area contributed by atoms with Gasteiger partial charge in [0.25, 0.3) is 0 Å². The minimum Gasteiger partial charge on any atom is -0.324 e. The molecule has 0 aliphatic rings. The van der Waals surface area contributed by atoms with Gasteiger partial charge in [0.05, 0.1) is 4.90 Å². The van der Waals surface area contributed by atoms with Crippen molar-refractivity contribution in [2.75, 3.05) is 0 Å². The maximum Gasteiger partial charge on any atom is 0.238 e. The van der Waals surface area contributed by atoms with Crippen LogP contribution in [0.4, 0.5) is 0 Å². The zero-order chi connectivity index (χ0) is 11.8. The first-order chi connectivity index (χ1) is 7.47. The Labute approximate surface area is 94.4 Å². The molecule has 0 saturated carbocycles. The topological polar surface area (TPSA) is 65.1 Å². The summed E-state index contributed by atoms with van der Waals surface area (Å²) in [5.41, 5.74) is 2.05. The first-order valence-corrected chi connectivity index (χ1v) is 6.29. The van der Waals surface area contributed by atoms with Crippen LogP contribution in [0.5, 0.6) is 0 Å². The molecule has 1 aromatic heterocycles. The molecule has 16 heavy (non-hydrogen) atoms. The summed E-state index contributed by atoms with van der Waals surface area (Å²) in [5, 5.41) is 5.02. The Bertz CT molecular complexity index is 597. The summed E-state index contributed by atoms with van der Waals surface area (Å²) in [6.07, 6.45) is 3.88. The smallest absolute Gasteiger partial charge is 0.238 e. The highest BCUT2D eigenvalue weighted by Gasteiger charge is 2.06. The van der Waals surface area contributed by atoms with E-state index in [0.29, 0.717) is 0 Å². The van der Waals surface area contributed by atoms with Gasteiger partial charge in [0, 0.05) is 18.1 Å². The molecular formula is C11H12N2O2S. The molecule has 0 fully saturated rings. The SMILES string of the molecule is Cc1ccn(-c2ccc(S(N)(=O)=O)cc2)c1. The maximum atomic E-state index is 11.1. The number of benzene rings is 1. The van der Waals surface area contributed by atoms with Gasteiger partial charge in [-0.2, -0.15) is 0 Å². The van der Waals surface area contributed by atoms with Gasteiger partial charge in [-0.3, -0.25) is 0 Å². The fourth-order valence-electron chi connectivity index (χ4n) is 1.47. The van der Waals surface area contributed by atoms with Crippen LogP contribution in [0.1, 0.15) is 5.56 Å². The molecule has 1 aromatic carbocycles. The quantitative estimate of drug-likeness (QED) is 0.857. The second-order valence-corrected chi connectivity index (χ2v) is 5.20. The highest BCUT2D eigenvalue weighted by Crippen LogP contribution is 2.13. The van der Waals surface area contributed by atoms with Gasteiger partial charge in [0.2, 0.25) is 10.0 Å². The number of aryl methyl sites for hydroxylation is 1. The number of hydrogen-bond donors (Lipinski definition) is 1. The Morgan fingerprint density at radius 3 is 2.19 bits per heavy atom. The van der Waals surface area contributed by atoms with E-state index in [1.54, 1.807) is 12.1 Å². The third-order valence-electron chi connectivity index (χ3n) is 2.30. The monoisotopic (exact) mass is 236 g/mol. The van der Waals surface area contributed by atoms with Gasteiger partial charge in [-0.05, 0) is 42.8 Å². The van der Waals surface area contributed by atoms with Gasteiger partial charge in [-0.15, -0.1) is 0 Å². The van der Waals surface area contributed by atoms with E-state index in [1.807, 2.05) is 30.0 Å². The molecule has 2 aromatic rings. The molecule has 0 aliphatic carbocycles. The van der Waals surface area contributed by atoms with Crippen LogP contribution >= 0.6 is 0 Å². The van der Waals surface area contributed by atoms with Crippen LogP contribution in [0.25, 0.3) is 5.69 Å². The summed E-state index contributed by atoms with van der Waals surface area (Å²) < 4.78 is 24.0. The van der Waals surface area contributed by atoms with Crippen LogP contribution in [0.15, 0.2) is 47.6 Å². The summed E-state index contributed by atoms with van der Waals surface area (Å²) in [7, 11) is -3.61. The van der Waals surface area contributed by atoms with Gasteiger partial charge >= 0.3 is 0 Å². The standard InChI is InChI=1S/C11H12N2O2S/c1-9-6-7-13(8-9)10-2-4-11(5-3-10)16(12,14)15/h2-8H,1H3,(H2,12,14,15). The fourth-order valence-corrected chi connectivity index (χ4v) is 1.99. The van der Waals surface area contributed by atoms with Gasteiger partial charge in [0.1, 0.15) is 0 Å². The number of hydrogen-bond acceptors (Lipinski definition) is 2. The summed E-state index contributed by atoms with van der Waals surface area (Å²) in [5.74, 6) is 0. The van der Waals surface area contributed by atoms with Crippen molar-refractivity contribution in [3.05, 3.63) is 48.3 Å². The van der Waals surface area contributed by atoms with Crippen LogP contribution in [0, 0.1) is 6.92 Å². The molecule has 0 unspecified atom stereocenters. The van der Waals surface area contributed by atoms with Gasteiger partial charge in [-0.1, -0.05) is 0 Å². The van der Waals surface area contributed by atoms with Crippen molar-refractivity contribution < 1.29 is 8.42 Å². The molecule has 0 amide bonds. The van der Waals surface area contributed by atoms with E-state index >= 15 is 0 Å². The maximum absolute atomic E-state index is 11.1. The van der Waals surface area contributed by atoms with Gasteiger partial charge in [-0.25, -0.2) is 13.6 Å². The lowest BCUT2D eigenvalue weighted by Gasteiger charge is -2.03. The fraction of sp³-hybridized carbons (Fsp3) is 0.0909. The molecule has 2 rings (SSSR count). The third kappa shape index (κ3) is 2.15. The number of rotatable bonds is 2. The number of nitrogens with zero attached hydrogens (tertiary/aromatic N) is 1. The van der Waals surface area contributed by atoms with E-state index in [9.17, 15) is 8.42 Å². The Kier molecular flexibility index (Phi) is 2.57. The largest absolute Gasteiger partial charge is 0.324 e. The Morgan fingerprint density at radius 2 is 1.75 bits per heavy atom. The second-order valence-electron chi connectivity index (χ2n) is 3.64. The van der Waals surface area contributed by atoms with Crippen molar-refractivity contribution in [3.8, 4) is 5.69 Å². The van der Waals surface area contributed by atoms with E-state index in [2.05, 4.69) is 0 Å². The molecular weight excluding hydrogens is 224 g/mol. The van der Waals surface area contributed by atoms with Crippen molar-refractivity contribution >= 4 is 10.0 Å². The lowest BCUT2D eigenvalue weighted by atomic mass is 10.3. The van der Waals surface area contributed by atoms with Crippen LogP contribution in [0.2, 0.25) is 0 Å². The van der Waals surface area contributed by atoms with E-state index in [-0.39, 0.29) is 4.90 Å². The molecule has 1 heterocycles. The number of primary sulfonamides is 1. The number of nitrogens with two attached hydrogens (primary N) is 1. The van der Waals surface area contributed by atoms with Crippen molar-refractivity contribution in [2.24, 2.45) is 5.14 Å².